The summed E-state index contributed by atoms with van der Waals surface area (Å²) in [6.07, 6.45) is 1.77. The van der Waals surface area contributed by atoms with Crippen LogP contribution in [0.3, 0.4) is 0 Å². The molecule has 0 bridgehead atoms. The van der Waals surface area contributed by atoms with Crippen molar-refractivity contribution in [3.63, 3.8) is 0 Å². The van der Waals surface area contributed by atoms with E-state index in [1.54, 1.807) is 17.4 Å². The molecule has 7 heteroatoms. The molecule has 0 spiro atoms. The first-order chi connectivity index (χ1) is 10.1. The van der Waals surface area contributed by atoms with Crippen LogP contribution in [0.4, 0.5) is 0 Å². The van der Waals surface area contributed by atoms with Crippen molar-refractivity contribution in [2.75, 3.05) is 13.6 Å². The van der Waals surface area contributed by atoms with E-state index in [-0.39, 0.29) is 0 Å². The molecule has 2 aromatic rings. The molecular formula is C14H20N2O2S3. The minimum Gasteiger partial charge on any atom is -0.319 e. The highest BCUT2D eigenvalue weighted by atomic mass is 32.2. The first-order valence-corrected chi connectivity index (χ1v) is 10.0. The van der Waals surface area contributed by atoms with Crippen LogP contribution in [0.25, 0.3) is 0 Å². The molecule has 2 rings (SSSR count). The van der Waals surface area contributed by atoms with Crippen LogP contribution in [-0.2, 0) is 29.4 Å². The highest BCUT2D eigenvalue weighted by molar-refractivity contribution is 7.91. The minimum absolute atomic E-state index is 0.368. The number of rotatable bonds is 8. The largest absolute Gasteiger partial charge is 0.319 e. The molecule has 0 aliphatic heterocycles. The van der Waals surface area contributed by atoms with Gasteiger partial charge in [-0.2, -0.15) is 0 Å². The van der Waals surface area contributed by atoms with Gasteiger partial charge < -0.3 is 5.32 Å². The molecule has 0 fully saturated rings. The van der Waals surface area contributed by atoms with Crippen molar-refractivity contribution < 1.29 is 8.42 Å². The van der Waals surface area contributed by atoms with E-state index in [9.17, 15) is 8.42 Å². The van der Waals surface area contributed by atoms with Crippen LogP contribution in [0.1, 0.15) is 22.2 Å². The highest BCUT2D eigenvalue weighted by Crippen LogP contribution is 2.23. The molecule has 0 radical (unpaired) electrons. The van der Waals surface area contributed by atoms with Gasteiger partial charge >= 0.3 is 0 Å². The van der Waals surface area contributed by atoms with Gasteiger partial charge in [0.15, 0.2) is 0 Å². The number of nitrogens with one attached hydrogen (secondary N) is 2. The van der Waals surface area contributed by atoms with Gasteiger partial charge in [0.25, 0.3) is 0 Å². The van der Waals surface area contributed by atoms with Crippen molar-refractivity contribution in [3.8, 4) is 0 Å². The van der Waals surface area contributed by atoms with Crippen LogP contribution in [-0.4, -0.2) is 22.0 Å². The van der Waals surface area contributed by atoms with Crippen LogP contribution in [0.5, 0.6) is 0 Å². The maximum absolute atomic E-state index is 12.3. The van der Waals surface area contributed by atoms with Gasteiger partial charge in [-0.15, -0.1) is 22.7 Å². The predicted molar refractivity (Wildman–Crippen MR) is 89.7 cm³/mol. The number of hydrogen-bond acceptors (Lipinski definition) is 5. The summed E-state index contributed by atoms with van der Waals surface area (Å²) in [4.78, 5) is 2.17. The van der Waals surface area contributed by atoms with Crippen molar-refractivity contribution >= 4 is 32.7 Å². The molecule has 2 N–H and O–H groups in total. The number of likely N-dealkylation sites (N-methyl/N-ethyl adjacent to an activating group) is 1. The van der Waals surface area contributed by atoms with Gasteiger partial charge in [-0.3, -0.25) is 0 Å². The van der Waals surface area contributed by atoms with Crippen molar-refractivity contribution in [3.05, 3.63) is 38.9 Å². The molecule has 0 aliphatic carbocycles. The smallest absolute Gasteiger partial charge is 0.250 e. The van der Waals surface area contributed by atoms with Crippen LogP contribution < -0.4 is 10.0 Å². The first-order valence-electron chi connectivity index (χ1n) is 6.85. The summed E-state index contributed by atoms with van der Waals surface area (Å²) in [5.74, 6) is 0. The van der Waals surface area contributed by atoms with Gasteiger partial charge in [0.1, 0.15) is 4.21 Å². The Kier molecular flexibility index (Phi) is 5.95. The van der Waals surface area contributed by atoms with Crippen molar-refractivity contribution in [2.24, 2.45) is 0 Å². The lowest BCUT2D eigenvalue weighted by molar-refractivity contribution is 0.584. The Hall–Kier alpha value is -0.730. The second-order valence-electron chi connectivity index (χ2n) is 4.62. The summed E-state index contributed by atoms with van der Waals surface area (Å²) in [6, 6.07) is 5.63. The number of sulfonamides is 1. The standard InChI is InChI=1S/C14H20N2O2S3/c1-3-11-7-9-19-13(11)10-16-21(17,18)14-5-4-12(20-14)6-8-15-2/h4-5,7,9,15-16H,3,6,8,10H2,1-2H3. The van der Waals surface area contributed by atoms with Gasteiger partial charge in [-0.25, -0.2) is 13.1 Å². The number of hydrogen-bond donors (Lipinski definition) is 2. The van der Waals surface area contributed by atoms with E-state index in [0.29, 0.717) is 10.8 Å². The predicted octanol–water partition coefficient (Wildman–Crippen LogP) is 2.61. The number of aryl methyl sites for hydroxylation is 1. The van der Waals surface area contributed by atoms with E-state index >= 15 is 0 Å². The zero-order valence-corrected chi connectivity index (χ0v) is 14.6. The molecule has 0 amide bonds. The van der Waals surface area contributed by atoms with Crippen LogP contribution in [0.15, 0.2) is 27.8 Å². The van der Waals surface area contributed by atoms with Crippen LogP contribution >= 0.6 is 22.7 Å². The Morgan fingerprint density at radius 2 is 2.05 bits per heavy atom. The molecule has 0 atom stereocenters. The molecule has 2 heterocycles. The van der Waals surface area contributed by atoms with Crippen LogP contribution in [0.2, 0.25) is 0 Å². The molecule has 2 aromatic heterocycles. The van der Waals surface area contributed by atoms with Gasteiger partial charge in [0, 0.05) is 16.3 Å². The fourth-order valence-corrected chi connectivity index (χ4v) is 5.36. The van der Waals surface area contributed by atoms with E-state index in [0.717, 1.165) is 29.1 Å². The molecule has 0 unspecified atom stereocenters. The normalized spacial score (nSPS) is 11.9. The van der Waals surface area contributed by atoms with E-state index < -0.39 is 10.0 Å². The van der Waals surface area contributed by atoms with E-state index in [1.165, 1.54) is 16.9 Å². The Balaban J connectivity index is 2.03. The Morgan fingerprint density at radius 3 is 2.76 bits per heavy atom. The molecule has 0 saturated heterocycles. The lowest BCUT2D eigenvalue weighted by Gasteiger charge is -2.05. The third-order valence-electron chi connectivity index (χ3n) is 3.16. The molecule has 0 aliphatic rings. The lowest BCUT2D eigenvalue weighted by Crippen LogP contribution is -2.22. The second-order valence-corrected chi connectivity index (χ2v) is 8.78. The van der Waals surface area contributed by atoms with E-state index in [2.05, 4.69) is 23.0 Å². The minimum atomic E-state index is -3.41. The fourth-order valence-electron chi connectivity index (χ4n) is 1.95. The van der Waals surface area contributed by atoms with E-state index in [4.69, 9.17) is 0 Å². The average molecular weight is 345 g/mol. The topological polar surface area (TPSA) is 58.2 Å². The molecule has 116 valence electrons. The van der Waals surface area contributed by atoms with Gasteiger partial charge in [0.2, 0.25) is 10.0 Å². The molecule has 0 aromatic carbocycles. The van der Waals surface area contributed by atoms with Crippen molar-refractivity contribution in [2.45, 2.75) is 30.5 Å². The van der Waals surface area contributed by atoms with Crippen LogP contribution in [0, 0.1) is 0 Å². The number of thiophene rings is 2. The van der Waals surface area contributed by atoms with Gasteiger partial charge in [-0.05, 0) is 55.6 Å². The Morgan fingerprint density at radius 1 is 1.24 bits per heavy atom. The third kappa shape index (κ3) is 4.37. The third-order valence-corrected chi connectivity index (χ3v) is 7.17. The van der Waals surface area contributed by atoms with Crippen molar-refractivity contribution in [1.82, 2.24) is 10.0 Å². The monoisotopic (exact) mass is 344 g/mol. The van der Waals surface area contributed by atoms with Gasteiger partial charge in [0.05, 0.1) is 0 Å². The Labute approximate surface area is 134 Å². The zero-order chi connectivity index (χ0) is 15.3. The summed E-state index contributed by atoms with van der Waals surface area (Å²) in [6.45, 7) is 3.29. The highest BCUT2D eigenvalue weighted by Gasteiger charge is 2.17. The van der Waals surface area contributed by atoms with Crippen molar-refractivity contribution in [1.29, 1.82) is 0 Å². The zero-order valence-electron chi connectivity index (χ0n) is 12.2. The molecule has 21 heavy (non-hydrogen) atoms. The fraction of sp³-hybridized carbons (Fsp3) is 0.429. The Bertz CT molecular complexity index is 674. The summed E-state index contributed by atoms with van der Waals surface area (Å²) in [5, 5.41) is 5.07. The summed E-state index contributed by atoms with van der Waals surface area (Å²) in [7, 11) is -1.52. The van der Waals surface area contributed by atoms with Gasteiger partial charge in [-0.1, -0.05) is 6.92 Å². The quantitative estimate of drug-likeness (QED) is 0.774. The van der Waals surface area contributed by atoms with E-state index in [1.807, 2.05) is 18.5 Å². The average Bonchev–Trinajstić information content (AvgIpc) is 3.12. The lowest BCUT2D eigenvalue weighted by atomic mass is 10.2. The summed E-state index contributed by atoms with van der Waals surface area (Å²) in [5.41, 5.74) is 1.21. The first kappa shape index (κ1) is 16.6. The SMILES string of the molecule is CCc1ccsc1CNS(=O)(=O)c1ccc(CCNC)s1. The summed E-state index contributed by atoms with van der Waals surface area (Å²) < 4.78 is 27.7. The molecule has 4 nitrogen and oxygen atoms in total. The second kappa shape index (κ2) is 7.51. The summed E-state index contributed by atoms with van der Waals surface area (Å²) >= 11 is 2.93. The maximum Gasteiger partial charge on any atom is 0.250 e. The molecule has 0 saturated carbocycles. The molecular weight excluding hydrogens is 324 g/mol. The maximum atomic E-state index is 12.3.